The van der Waals surface area contributed by atoms with Crippen molar-refractivity contribution in [3.05, 3.63) is 58.7 Å². The smallest absolute Gasteiger partial charge is 0.243 e. The van der Waals surface area contributed by atoms with Gasteiger partial charge in [-0.1, -0.05) is 38.1 Å². The van der Waals surface area contributed by atoms with E-state index in [9.17, 15) is 18.0 Å². The number of aryl methyl sites for hydroxylation is 2. The minimum absolute atomic E-state index is 0.139. The maximum absolute atomic E-state index is 13.1. The van der Waals surface area contributed by atoms with Crippen LogP contribution in [0.5, 0.6) is 5.75 Å². The molecule has 2 aromatic carbocycles. The lowest BCUT2D eigenvalue weighted by atomic mass is 10.1. The van der Waals surface area contributed by atoms with Gasteiger partial charge >= 0.3 is 0 Å². The van der Waals surface area contributed by atoms with E-state index >= 15 is 0 Å². The third kappa shape index (κ3) is 8.04. The number of carbonyl (C=O) groups excluding carboxylic acids is 2. The number of hydrogen-bond donors (Lipinski definition) is 2. The molecule has 0 radical (unpaired) electrons. The Labute approximate surface area is 214 Å². The van der Waals surface area contributed by atoms with Gasteiger partial charge in [0.1, 0.15) is 5.75 Å². The Morgan fingerprint density at radius 2 is 1.56 bits per heavy atom. The third-order valence-electron chi connectivity index (χ3n) is 5.72. The molecule has 0 aliphatic rings. The first-order valence-electron chi connectivity index (χ1n) is 11.8. The molecular formula is C26H38N4O5S. The number of hydrogen-bond acceptors (Lipinski definition) is 6. The predicted molar refractivity (Wildman–Crippen MR) is 140 cm³/mol. The Bertz CT molecular complexity index is 1140. The van der Waals surface area contributed by atoms with Crippen LogP contribution in [0.25, 0.3) is 0 Å². The highest BCUT2D eigenvalue weighted by Crippen LogP contribution is 2.27. The van der Waals surface area contributed by atoms with Crippen LogP contribution < -0.4 is 15.4 Å². The number of nitrogens with one attached hydrogen (secondary N) is 2. The molecule has 0 aliphatic heterocycles. The summed E-state index contributed by atoms with van der Waals surface area (Å²) in [6.45, 7) is 8.09. The molecule has 0 fully saturated rings. The van der Waals surface area contributed by atoms with Gasteiger partial charge in [0.15, 0.2) is 0 Å². The fourth-order valence-electron chi connectivity index (χ4n) is 3.69. The first-order valence-corrected chi connectivity index (χ1v) is 13.2. The molecule has 0 heterocycles. The van der Waals surface area contributed by atoms with E-state index in [4.69, 9.17) is 4.74 Å². The summed E-state index contributed by atoms with van der Waals surface area (Å²) < 4.78 is 32.3. The summed E-state index contributed by atoms with van der Waals surface area (Å²) in [6.07, 6.45) is 0. The largest absolute Gasteiger partial charge is 0.497 e. The van der Waals surface area contributed by atoms with Gasteiger partial charge in [0, 0.05) is 33.2 Å². The lowest BCUT2D eigenvalue weighted by Crippen LogP contribution is -2.43. The standard InChI is InChI=1S/C26H38N4O5S/c1-18(2)27-14-21-8-10-22(11-9-21)16-29(5)25(32)15-28-24(31)17-30(6)36(33,34)26-19(3)12-23(35-7)13-20(26)4/h8-13,18,27H,14-17H2,1-7H3,(H,28,31). The summed E-state index contributed by atoms with van der Waals surface area (Å²) in [4.78, 5) is 26.6. The van der Waals surface area contributed by atoms with Gasteiger partial charge in [-0.3, -0.25) is 9.59 Å². The van der Waals surface area contributed by atoms with Crippen LogP contribution in [0, 0.1) is 13.8 Å². The van der Waals surface area contributed by atoms with E-state index in [1.54, 1.807) is 33.0 Å². The van der Waals surface area contributed by atoms with Crippen LogP contribution in [-0.2, 0) is 32.7 Å². The number of amides is 2. The van der Waals surface area contributed by atoms with Crippen molar-refractivity contribution < 1.29 is 22.7 Å². The molecule has 2 rings (SSSR count). The van der Waals surface area contributed by atoms with Crippen LogP contribution in [0.15, 0.2) is 41.3 Å². The van der Waals surface area contributed by atoms with Crippen molar-refractivity contribution in [2.24, 2.45) is 0 Å². The number of carbonyl (C=O) groups is 2. The van der Waals surface area contributed by atoms with Gasteiger partial charge in [-0.2, -0.15) is 4.31 Å². The minimum Gasteiger partial charge on any atom is -0.497 e. The van der Waals surface area contributed by atoms with Gasteiger partial charge in [0.25, 0.3) is 0 Å². The van der Waals surface area contributed by atoms with Crippen molar-refractivity contribution in [3.8, 4) is 5.75 Å². The molecule has 2 N–H and O–H groups in total. The second-order valence-electron chi connectivity index (χ2n) is 9.23. The van der Waals surface area contributed by atoms with Gasteiger partial charge in [0.2, 0.25) is 21.8 Å². The van der Waals surface area contributed by atoms with E-state index in [0.717, 1.165) is 22.0 Å². The summed E-state index contributed by atoms with van der Waals surface area (Å²) in [5, 5.41) is 5.88. The van der Waals surface area contributed by atoms with Gasteiger partial charge in [-0.15, -0.1) is 0 Å². The van der Waals surface area contributed by atoms with Crippen molar-refractivity contribution in [3.63, 3.8) is 0 Å². The normalized spacial score (nSPS) is 11.6. The van der Waals surface area contributed by atoms with Crippen LogP contribution in [-0.4, -0.2) is 69.8 Å². The van der Waals surface area contributed by atoms with Gasteiger partial charge in [0.05, 0.1) is 25.1 Å². The molecule has 9 nitrogen and oxygen atoms in total. The zero-order valence-corrected chi connectivity index (χ0v) is 23.0. The number of sulfonamides is 1. The first kappa shape index (κ1) is 29.3. The Morgan fingerprint density at radius 1 is 1.00 bits per heavy atom. The summed E-state index contributed by atoms with van der Waals surface area (Å²) in [6, 6.07) is 11.7. The van der Waals surface area contributed by atoms with Crippen molar-refractivity contribution in [2.45, 2.75) is 51.7 Å². The number of likely N-dealkylation sites (N-methyl/N-ethyl adjacent to an activating group) is 2. The second-order valence-corrected chi connectivity index (χ2v) is 11.2. The average molecular weight is 519 g/mol. The van der Waals surface area contributed by atoms with E-state index in [1.807, 2.05) is 24.3 Å². The van der Waals surface area contributed by atoms with E-state index in [-0.39, 0.29) is 17.3 Å². The Morgan fingerprint density at radius 3 is 2.08 bits per heavy atom. The lowest BCUT2D eigenvalue weighted by molar-refractivity contribution is -0.132. The summed E-state index contributed by atoms with van der Waals surface area (Å²) in [5.41, 5.74) is 3.19. The maximum Gasteiger partial charge on any atom is 0.243 e. The van der Waals surface area contributed by atoms with Crippen LogP contribution in [0.4, 0.5) is 0 Å². The Kier molecular flexibility index (Phi) is 10.4. The van der Waals surface area contributed by atoms with Gasteiger partial charge in [-0.25, -0.2) is 8.42 Å². The van der Waals surface area contributed by atoms with Gasteiger partial charge in [-0.05, 0) is 48.2 Å². The molecule has 10 heteroatoms. The molecule has 36 heavy (non-hydrogen) atoms. The summed E-state index contributed by atoms with van der Waals surface area (Å²) in [5.74, 6) is -0.277. The topological polar surface area (TPSA) is 108 Å². The minimum atomic E-state index is -3.91. The molecule has 0 bridgehead atoms. The average Bonchev–Trinajstić information content (AvgIpc) is 2.81. The molecular weight excluding hydrogens is 480 g/mol. The van der Waals surface area contributed by atoms with Crippen molar-refractivity contribution in [1.82, 2.24) is 19.8 Å². The van der Waals surface area contributed by atoms with E-state index in [0.29, 0.717) is 29.5 Å². The number of rotatable bonds is 12. The van der Waals surface area contributed by atoms with Crippen molar-refractivity contribution in [1.29, 1.82) is 0 Å². The highest BCUT2D eigenvalue weighted by Gasteiger charge is 2.27. The number of benzene rings is 2. The van der Waals surface area contributed by atoms with E-state index in [2.05, 4.69) is 24.5 Å². The van der Waals surface area contributed by atoms with Crippen LogP contribution in [0.1, 0.15) is 36.1 Å². The molecule has 198 valence electrons. The summed E-state index contributed by atoms with van der Waals surface area (Å²) >= 11 is 0. The third-order valence-corrected chi connectivity index (χ3v) is 7.83. The maximum atomic E-state index is 13.1. The molecule has 2 amide bonds. The monoisotopic (exact) mass is 518 g/mol. The molecule has 0 saturated carbocycles. The number of ether oxygens (including phenoxy) is 1. The van der Waals surface area contributed by atoms with E-state index < -0.39 is 22.5 Å². The molecule has 0 spiro atoms. The Hall–Kier alpha value is -2.95. The fraction of sp³-hybridized carbons (Fsp3) is 0.462. The van der Waals surface area contributed by atoms with Crippen LogP contribution >= 0.6 is 0 Å². The van der Waals surface area contributed by atoms with Crippen molar-refractivity contribution in [2.75, 3.05) is 34.3 Å². The van der Waals surface area contributed by atoms with Gasteiger partial charge < -0.3 is 20.3 Å². The lowest BCUT2D eigenvalue weighted by Gasteiger charge is -2.21. The molecule has 2 aromatic rings. The second kappa shape index (κ2) is 12.8. The number of methoxy groups -OCH3 is 1. The quantitative estimate of drug-likeness (QED) is 0.446. The highest BCUT2D eigenvalue weighted by molar-refractivity contribution is 7.89. The molecule has 0 aromatic heterocycles. The molecule has 0 atom stereocenters. The van der Waals surface area contributed by atoms with E-state index in [1.165, 1.54) is 19.1 Å². The zero-order valence-electron chi connectivity index (χ0n) is 22.2. The Balaban J connectivity index is 1.90. The predicted octanol–water partition coefficient (Wildman–Crippen LogP) is 2.21. The zero-order chi connectivity index (χ0) is 27.0. The fourth-order valence-corrected chi connectivity index (χ4v) is 5.22. The van der Waals surface area contributed by atoms with Crippen LogP contribution in [0.2, 0.25) is 0 Å². The molecule has 0 aliphatic carbocycles. The highest BCUT2D eigenvalue weighted by atomic mass is 32.2. The SMILES string of the molecule is COc1cc(C)c(S(=O)(=O)N(C)CC(=O)NCC(=O)N(C)Cc2ccc(CNC(C)C)cc2)c(C)c1. The van der Waals surface area contributed by atoms with Crippen LogP contribution in [0.3, 0.4) is 0 Å². The molecule has 0 unspecified atom stereocenters. The molecule has 0 saturated heterocycles. The van der Waals surface area contributed by atoms with Crippen molar-refractivity contribution >= 4 is 21.8 Å². The number of nitrogens with zero attached hydrogens (tertiary/aromatic N) is 2. The first-order chi connectivity index (χ1) is 16.8. The summed E-state index contributed by atoms with van der Waals surface area (Å²) in [7, 11) is 0.603.